The van der Waals surface area contributed by atoms with Gasteiger partial charge in [0.2, 0.25) is 10.0 Å². The Bertz CT molecular complexity index is 767. The fraction of sp³-hybridized carbons (Fsp3) is 0.294. The van der Waals surface area contributed by atoms with E-state index < -0.39 is 26.6 Å². The molecule has 24 heavy (non-hydrogen) atoms. The highest BCUT2D eigenvalue weighted by Gasteiger charge is 2.19. The molecular formula is C17H20F2N2O2S. The lowest BCUT2D eigenvalue weighted by molar-refractivity contribution is 0.542. The molecule has 2 aromatic rings. The van der Waals surface area contributed by atoms with Gasteiger partial charge in [-0.3, -0.25) is 0 Å². The molecule has 0 heterocycles. The van der Waals surface area contributed by atoms with Gasteiger partial charge in [0.15, 0.2) is 0 Å². The summed E-state index contributed by atoms with van der Waals surface area (Å²) in [6.07, 6.45) is 0.560. The zero-order chi connectivity index (χ0) is 17.6. The van der Waals surface area contributed by atoms with Gasteiger partial charge in [-0.2, -0.15) is 0 Å². The number of nitrogens with one attached hydrogen (secondary N) is 1. The second-order valence-electron chi connectivity index (χ2n) is 5.24. The number of benzene rings is 2. The molecule has 2 aromatic carbocycles. The molecule has 0 aliphatic heterocycles. The summed E-state index contributed by atoms with van der Waals surface area (Å²) in [6.45, 7) is 3.64. The summed E-state index contributed by atoms with van der Waals surface area (Å²) in [7, 11) is -3.99. The first kappa shape index (κ1) is 18.4. The molecule has 0 aliphatic rings. The van der Waals surface area contributed by atoms with Crippen LogP contribution in [0, 0.1) is 11.6 Å². The highest BCUT2D eigenvalue weighted by molar-refractivity contribution is 7.89. The molecular weight excluding hydrogens is 334 g/mol. The number of sulfonamides is 1. The minimum Gasteiger partial charge on any atom is -0.372 e. The number of halogens is 2. The van der Waals surface area contributed by atoms with Crippen molar-refractivity contribution in [1.82, 2.24) is 4.72 Å². The maximum absolute atomic E-state index is 13.6. The Morgan fingerprint density at radius 2 is 1.79 bits per heavy atom. The van der Waals surface area contributed by atoms with Crippen LogP contribution < -0.4 is 9.62 Å². The quantitative estimate of drug-likeness (QED) is 0.741. The first-order valence-electron chi connectivity index (χ1n) is 7.68. The molecule has 0 saturated carbocycles. The molecule has 0 fully saturated rings. The summed E-state index contributed by atoms with van der Waals surface area (Å²) in [4.78, 5) is 1.58. The third-order valence-corrected chi connectivity index (χ3v) is 5.08. The van der Waals surface area contributed by atoms with Crippen molar-refractivity contribution in [3.05, 3.63) is 60.2 Å². The van der Waals surface area contributed by atoms with E-state index in [9.17, 15) is 17.2 Å². The highest BCUT2D eigenvalue weighted by atomic mass is 32.2. The van der Waals surface area contributed by atoms with Crippen LogP contribution in [0.25, 0.3) is 0 Å². The van der Waals surface area contributed by atoms with Crippen LogP contribution >= 0.6 is 0 Å². The predicted molar refractivity (Wildman–Crippen MR) is 90.5 cm³/mol. The minimum absolute atomic E-state index is 0.169. The number of nitrogens with zero attached hydrogens (tertiary/aromatic N) is 1. The molecule has 0 amide bonds. The number of anilines is 1. The topological polar surface area (TPSA) is 49.4 Å². The number of hydrogen-bond acceptors (Lipinski definition) is 3. The van der Waals surface area contributed by atoms with E-state index in [0.717, 1.165) is 24.4 Å². The zero-order valence-electron chi connectivity index (χ0n) is 13.4. The van der Waals surface area contributed by atoms with Gasteiger partial charge in [0.1, 0.15) is 16.5 Å². The SMILES string of the molecule is CCN(CCCNS(=O)(=O)c1ccc(F)cc1F)c1ccccc1. The van der Waals surface area contributed by atoms with Crippen LogP contribution in [0.1, 0.15) is 13.3 Å². The van der Waals surface area contributed by atoms with Crippen LogP contribution in [0.15, 0.2) is 53.4 Å². The van der Waals surface area contributed by atoms with Crippen LogP contribution in [-0.4, -0.2) is 28.1 Å². The summed E-state index contributed by atoms with van der Waals surface area (Å²) in [5, 5.41) is 0. The summed E-state index contributed by atoms with van der Waals surface area (Å²) in [5.74, 6) is -1.91. The Labute approximate surface area is 141 Å². The Balaban J connectivity index is 1.91. The fourth-order valence-electron chi connectivity index (χ4n) is 2.36. The molecule has 1 N–H and O–H groups in total. The minimum atomic E-state index is -3.99. The first-order chi connectivity index (χ1) is 11.4. The van der Waals surface area contributed by atoms with Gasteiger partial charge in [-0.05, 0) is 37.6 Å². The van der Waals surface area contributed by atoms with E-state index in [1.165, 1.54) is 0 Å². The molecule has 0 bridgehead atoms. The third-order valence-electron chi connectivity index (χ3n) is 3.58. The van der Waals surface area contributed by atoms with E-state index in [1.54, 1.807) is 0 Å². The molecule has 0 aromatic heterocycles. The lowest BCUT2D eigenvalue weighted by atomic mass is 10.2. The van der Waals surface area contributed by atoms with Crippen LogP contribution in [0.4, 0.5) is 14.5 Å². The summed E-state index contributed by atoms with van der Waals surface area (Å²) in [6, 6.07) is 12.2. The van der Waals surface area contributed by atoms with Crippen molar-refractivity contribution in [2.24, 2.45) is 0 Å². The molecule has 2 rings (SSSR count). The summed E-state index contributed by atoms with van der Waals surface area (Å²) < 4.78 is 52.9. The molecule has 0 aliphatic carbocycles. The second kappa shape index (κ2) is 8.21. The second-order valence-corrected chi connectivity index (χ2v) is 6.98. The molecule has 0 unspecified atom stereocenters. The monoisotopic (exact) mass is 354 g/mol. The largest absolute Gasteiger partial charge is 0.372 e. The van der Waals surface area contributed by atoms with Crippen LogP contribution in [0.5, 0.6) is 0 Å². The molecule has 4 nitrogen and oxygen atoms in total. The normalized spacial score (nSPS) is 11.5. The van der Waals surface area contributed by atoms with Crippen molar-refractivity contribution in [1.29, 1.82) is 0 Å². The summed E-state index contributed by atoms with van der Waals surface area (Å²) in [5.41, 5.74) is 1.06. The van der Waals surface area contributed by atoms with Gasteiger partial charge < -0.3 is 4.90 Å². The smallest absolute Gasteiger partial charge is 0.243 e. The number of hydrogen-bond donors (Lipinski definition) is 1. The summed E-state index contributed by atoms with van der Waals surface area (Å²) >= 11 is 0. The lowest BCUT2D eigenvalue weighted by Crippen LogP contribution is -2.30. The highest BCUT2D eigenvalue weighted by Crippen LogP contribution is 2.16. The first-order valence-corrected chi connectivity index (χ1v) is 9.17. The maximum atomic E-state index is 13.6. The van der Waals surface area contributed by atoms with Gasteiger partial charge in [-0.1, -0.05) is 18.2 Å². The fourth-order valence-corrected chi connectivity index (χ4v) is 3.49. The van der Waals surface area contributed by atoms with Gasteiger partial charge in [0.05, 0.1) is 0 Å². The van der Waals surface area contributed by atoms with E-state index in [1.807, 2.05) is 37.3 Å². The molecule has 0 radical (unpaired) electrons. The average molecular weight is 354 g/mol. The predicted octanol–water partition coefficient (Wildman–Crippen LogP) is 3.16. The van der Waals surface area contributed by atoms with Crippen molar-refractivity contribution in [3.63, 3.8) is 0 Å². The van der Waals surface area contributed by atoms with E-state index in [2.05, 4.69) is 9.62 Å². The van der Waals surface area contributed by atoms with E-state index in [0.29, 0.717) is 19.0 Å². The van der Waals surface area contributed by atoms with Gasteiger partial charge in [-0.25, -0.2) is 21.9 Å². The van der Waals surface area contributed by atoms with Gasteiger partial charge in [0, 0.05) is 31.4 Å². The Morgan fingerprint density at radius 1 is 1.08 bits per heavy atom. The molecule has 7 heteroatoms. The number of rotatable bonds is 8. The number of para-hydroxylation sites is 1. The Morgan fingerprint density at radius 3 is 2.42 bits per heavy atom. The third kappa shape index (κ3) is 4.75. The Hall–Kier alpha value is -1.99. The van der Waals surface area contributed by atoms with Crippen molar-refractivity contribution in [2.75, 3.05) is 24.5 Å². The molecule has 0 saturated heterocycles. The van der Waals surface area contributed by atoms with Crippen molar-refractivity contribution in [3.8, 4) is 0 Å². The van der Waals surface area contributed by atoms with Gasteiger partial charge in [-0.15, -0.1) is 0 Å². The van der Waals surface area contributed by atoms with Crippen molar-refractivity contribution in [2.45, 2.75) is 18.2 Å². The van der Waals surface area contributed by atoms with Gasteiger partial charge >= 0.3 is 0 Å². The molecule has 0 spiro atoms. The van der Waals surface area contributed by atoms with Crippen molar-refractivity contribution < 1.29 is 17.2 Å². The van der Waals surface area contributed by atoms with Crippen LogP contribution in [0.2, 0.25) is 0 Å². The standard InChI is InChI=1S/C17H20F2N2O2S/c1-2-21(15-7-4-3-5-8-15)12-6-11-20-24(22,23)17-10-9-14(18)13-16(17)19/h3-5,7-10,13,20H,2,6,11-12H2,1H3. The average Bonchev–Trinajstić information content (AvgIpc) is 2.55. The molecule has 130 valence electrons. The lowest BCUT2D eigenvalue weighted by Gasteiger charge is -2.23. The molecule has 0 atom stereocenters. The Kier molecular flexibility index (Phi) is 6.28. The van der Waals surface area contributed by atoms with Gasteiger partial charge in [0.25, 0.3) is 0 Å². The van der Waals surface area contributed by atoms with E-state index in [-0.39, 0.29) is 6.54 Å². The van der Waals surface area contributed by atoms with E-state index >= 15 is 0 Å². The van der Waals surface area contributed by atoms with Crippen molar-refractivity contribution >= 4 is 15.7 Å². The van der Waals surface area contributed by atoms with Crippen LogP contribution in [-0.2, 0) is 10.0 Å². The zero-order valence-corrected chi connectivity index (χ0v) is 14.2. The van der Waals surface area contributed by atoms with Crippen LogP contribution in [0.3, 0.4) is 0 Å². The van der Waals surface area contributed by atoms with E-state index in [4.69, 9.17) is 0 Å². The maximum Gasteiger partial charge on any atom is 0.243 e.